The monoisotopic (exact) mass is 442 g/mol. The molecule has 0 unspecified atom stereocenters. The Kier molecular flexibility index (Phi) is 5.60. The van der Waals surface area contributed by atoms with Gasteiger partial charge < -0.3 is 20.1 Å². The molecule has 3 heterocycles. The molecule has 5 rings (SSSR count). The number of rotatable bonds is 7. The third kappa shape index (κ3) is 4.34. The predicted molar refractivity (Wildman–Crippen MR) is 127 cm³/mol. The van der Waals surface area contributed by atoms with Gasteiger partial charge in [-0.3, -0.25) is 9.78 Å². The molecule has 0 atom stereocenters. The summed E-state index contributed by atoms with van der Waals surface area (Å²) < 4.78 is 2.08. The molecule has 1 aromatic carbocycles. The van der Waals surface area contributed by atoms with Gasteiger partial charge in [-0.1, -0.05) is 12.1 Å². The van der Waals surface area contributed by atoms with E-state index in [1.807, 2.05) is 67.9 Å². The normalized spacial score (nSPS) is 17.4. The van der Waals surface area contributed by atoms with E-state index < -0.39 is 0 Å². The lowest BCUT2D eigenvalue weighted by atomic mass is 9.86. The lowest BCUT2D eigenvalue weighted by Crippen LogP contribution is -2.45. The first kappa shape index (κ1) is 20.9. The Morgan fingerprint density at radius 3 is 2.82 bits per heavy atom. The van der Waals surface area contributed by atoms with Gasteiger partial charge in [-0.05, 0) is 42.7 Å². The van der Waals surface area contributed by atoms with Crippen LogP contribution in [0.15, 0.2) is 61.4 Å². The van der Waals surface area contributed by atoms with Gasteiger partial charge in [0.25, 0.3) is 5.91 Å². The van der Waals surface area contributed by atoms with Crippen LogP contribution in [0.5, 0.6) is 0 Å². The van der Waals surface area contributed by atoms with E-state index in [2.05, 4.69) is 35.1 Å². The highest BCUT2D eigenvalue weighted by atomic mass is 16.1. The molecule has 1 aliphatic carbocycles. The van der Waals surface area contributed by atoms with Crippen molar-refractivity contribution in [1.29, 1.82) is 0 Å². The standard InChI is InChI=1S/C24H26N8O/c1-31(2)19-7-3-6-17(9-19)24(33)30-18-10-20(11-18)32-15-29-21-22(27-14-28-23(21)32)26-13-16-5-4-8-25-12-16/h3-9,12,14-15,18,20H,10-11,13H2,1-2H3,(H,30,33)(H,26,27,28). The Labute approximate surface area is 191 Å². The van der Waals surface area contributed by atoms with Crippen LogP contribution in [0, 0.1) is 0 Å². The highest BCUT2D eigenvalue weighted by molar-refractivity contribution is 5.95. The number of amides is 1. The first-order chi connectivity index (χ1) is 16.1. The number of anilines is 2. The number of imidazole rings is 1. The van der Waals surface area contributed by atoms with Crippen molar-refractivity contribution in [3.63, 3.8) is 0 Å². The highest BCUT2D eigenvalue weighted by Gasteiger charge is 2.33. The molecule has 1 aliphatic rings. The summed E-state index contributed by atoms with van der Waals surface area (Å²) >= 11 is 0. The van der Waals surface area contributed by atoms with Crippen LogP contribution in [0.3, 0.4) is 0 Å². The first-order valence-corrected chi connectivity index (χ1v) is 11.0. The number of pyridine rings is 1. The third-order valence-corrected chi connectivity index (χ3v) is 6.01. The van der Waals surface area contributed by atoms with Crippen LogP contribution in [0.2, 0.25) is 0 Å². The molecule has 4 aromatic rings. The number of aromatic nitrogens is 5. The van der Waals surface area contributed by atoms with E-state index in [1.54, 1.807) is 12.5 Å². The molecule has 1 fully saturated rings. The minimum Gasteiger partial charge on any atom is -0.378 e. The van der Waals surface area contributed by atoms with Crippen LogP contribution < -0.4 is 15.5 Å². The van der Waals surface area contributed by atoms with E-state index >= 15 is 0 Å². The van der Waals surface area contributed by atoms with Crippen LogP contribution in [-0.4, -0.2) is 50.5 Å². The SMILES string of the molecule is CN(C)c1cccc(C(=O)NC2CC(n3cnc4c(NCc5cccnc5)ncnc43)C2)c1. The molecule has 9 heteroatoms. The summed E-state index contributed by atoms with van der Waals surface area (Å²) in [5.41, 5.74) is 4.29. The maximum absolute atomic E-state index is 12.7. The molecule has 0 bridgehead atoms. The molecule has 2 N–H and O–H groups in total. The summed E-state index contributed by atoms with van der Waals surface area (Å²) in [4.78, 5) is 32.2. The van der Waals surface area contributed by atoms with Crippen molar-refractivity contribution in [2.75, 3.05) is 24.3 Å². The number of nitrogens with one attached hydrogen (secondary N) is 2. The number of fused-ring (bicyclic) bond motifs is 1. The Morgan fingerprint density at radius 1 is 1.15 bits per heavy atom. The molecule has 1 saturated carbocycles. The van der Waals surface area contributed by atoms with Crippen molar-refractivity contribution in [1.82, 2.24) is 29.8 Å². The lowest BCUT2D eigenvalue weighted by Gasteiger charge is -2.36. The predicted octanol–water partition coefficient (Wildman–Crippen LogP) is 3.03. The average Bonchev–Trinajstić information content (AvgIpc) is 3.24. The third-order valence-electron chi connectivity index (χ3n) is 6.01. The largest absolute Gasteiger partial charge is 0.378 e. The molecule has 0 saturated heterocycles. The van der Waals surface area contributed by atoms with Crippen molar-refractivity contribution in [2.24, 2.45) is 0 Å². The van der Waals surface area contributed by atoms with Crippen LogP contribution in [0.1, 0.15) is 34.8 Å². The second-order valence-corrected chi connectivity index (χ2v) is 8.50. The number of carbonyl (C=O) groups excluding carboxylic acids is 1. The maximum atomic E-state index is 12.7. The number of carbonyl (C=O) groups is 1. The zero-order valence-corrected chi connectivity index (χ0v) is 18.6. The van der Waals surface area contributed by atoms with Crippen LogP contribution in [0.4, 0.5) is 11.5 Å². The minimum absolute atomic E-state index is 0.0400. The summed E-state index contributed by atoms with van der Waals surface area (Å²) in [5, 5.41) is 6.48. The number of hydrogen-bond acceptors (Lipinski definition) is 7. The molecule has 3 aromatic heterocycles. The molecular weight excluding hydrogens is 416 g/mol. The van der Waals surface area contributed by atoms with Crippen LogP contribution >= 0.6 is 0 Å². The fraction of sp³-hybridized carbons (Fsp3) is 0.292. The molecule has 0 aliphatic heterocycles. The molecule has 0 radical (unpaired) electrons. The second-order valence-electron chi connectivity index (χ2n) is 8.50. The Morgan fingerprint density at radius 2 is 2.03 bits per heavy atom. The smallest absolute Gasteiger partial charge is 0.251 e. The minimum atomic E-state index is -0.0400. The summed E-state index contributed by atoms with van der Waals surface area (Å²) in [6.07, 6.45) is 8.63. The molecule has 9 nitrogen and oxygen atoms in total. The number of hydrogen-bond donors (Lipinski definition) is 2. The number of nitrogens with zero attached hydrogens (tertiary/aromatic N) is 6. The zero-order chi connectivity index (χ0) is 22.8. The van der Waals surface area contributed by atoms with Crippen LogP contribution in [-0.2, 0) is 6.54 Å². The second kappa shape index (κ2) is 8.85. The van der Waals surface area contributed by atoms with Gasteiger partial charge in [0.1, 0.15) is 11.8 Å². The average molecular weight is 443 g/mol. The van der Waals surface area contributed by atoms with Gasteiger partial charge in [-0.25, -0.2) is 15.0 Å². The highest BCUT2D eigenvalue weighted by Crippen LogP contribution is 2.35. The van der Waals surface area contributed by atoms with Crippen molar-refractivity contribution in [2.45, 2.75) is 31.5 Å². The summed E-state index contributed by atoms with van der Waals surface area (Å²) in [5.74, 6) is 0.661. The van der Waals surface area contributed by atoms with Gasteiger partial charge in [0.15, 0.2) is 11.5 Å². The summed E-state index contributed by atoms with van der Waals surface area (Å²) in [7, 11) is 3.93. The molecule has 168 valence electrons. The fourth-order valence-electron chi connectivity index (χ4n) is 4.06. The molecule has 33 heavy (non-hydrogen) atoms. The Hall–Kier alpha value is -4.01. The van der Waals surface area contributed by atoms with Gasteiger partial charge in [0.2, 0.25) is 0 Å². The van der Waals surface area contributed by atoms with Crippen molar-refractivity contribution >= 4 is 28.6 Å². The van der Waals surface area contributed by atoms with Gasteiger partial charge in [0, 0.05) is 56.4 Å². The van der Waals surface area contributed by atoms with Gasteiger partial charge in [-0.2, -0.15) is 0 Å². The van der Waals surface area contributed by atoms with Crippen molar-refractivity contribution < 1.29 is 4.79 Å². The zero-order valence-electron chi connectivity index (χ0n) is 18.6. The van der Waals surface area contributed by atoms with Gasteiger partial charge >= 0.3 is 0 Å². The Bertz CT molecular complexity index is 1260. The first-order valence-electron chi connectivity index (χ1n) is 11.0. The Balaban J connectivity index is 1.23. The van der Waals surface area contributed by atoms with Crippen LogP contribution in [0.25, 0.3) is 11.2 Å². The van der Waals surface area contributed by atoms with Crippen molar-refractivity contribution in [3.8, 4) is 0 Å². The van der Waals surface area contributed by atoms with Gasteiger partial charge in [-0.15, -0.1) is 0 Å². The quantitative estimate of drug-likeness (QED) is 0.454. The van der Waals surface area contributed by atoms with E-state index in [0.717, 1.165) is 35.3 Å². The summed E-state index contributed by atoms with van der Waals surface area (Å²) in [6, 6.07) is 11.9. The fourth-order valence-corrected chi connectivity index (χ4v) is 4.06. The maximum Gasteiger partial charge on any atom is 0.251 e. The van der Waals surface area contributed by atoms with E-state index in [0.29, 0.717) is 17.9 Å². The molecule has 1 amide bonds. The van der Waals surface area contributed by atoms with E-state index in [4.69, 9.17) is 0 Å². The number of benzene rings is 1. The lowest BCUT2D eigenvalue weighted by molar-refractivity contribution is 0.0894. The molecular formula is C24H26N8O. The van der Waals surface area contributed by atoms with Crippen molar-refractivity contribution in [3.05, 3.63) is 72.6 Å². The van der Waals surface area contributed by atoms with E-state index in [-0.39, 0.29) is 18.0 Å². The topological polar surface area (TPSA) is 101 Å². The molecule has 0 spiro atoms. The van der Waals surface area contributed by atoms with Gasteiger partial charge in [0.05, 0.1) is 6.33 Å². The summed E-state index contributed by atoms with van der Waals surface area (Å²) in [6.45, 7) is 0.610. The van der Waals surface area contributed by atoms with E-state index in [9.17, 15) is 4.79 Å². The van der Waals surface area contributed by atoms with E-state index in [1.165, 1.54) is 0 Å².